The minimum Gasteiger partial charge on any atom is -0.379 e. The molecule has 2 aromatic rings. The Kier molecular flexibility index (Phi) is 4.51. The largest absolute Gasteiger partial charge is 0.379 e. The normalized spacial score (nSPS) is 12.1. The topological polar surface area (TPSA) is 77.5 Å². The Hall–Kier alpha value is -1.57. The second-order valence-electron chi connectivity index (χ2n) is 4.71. The first-order chi connectivity index (χ1) is 10.1. The van der Waals surface area contributed by atoms with Crippen molar-refractivity contribution in [1.82, 2.24) is 0 Å². The van der Waals surface area contributed by atoms with Crippen LogP contribution in [0.3, 0.4) is 0 Å². The van der Waals surface area contributed by atoms with E-state index in [2.05, 4.69) is 0 Å². The Morgan fingerprint density at radius 2 is 1.55 bits per heavy atom. The highest BCUT2D eigenvalue weighted by molar-refractivity contribution is 7.90. The van der Waals surface area contributed by atoms with Gasteiger partial charge < -0.3 is 4.18 Å². The minimum atomic E-state index is -4.24. The lowest BCUT2D eigenvalue weighted by atomic mass is 10.2. The fraction of sp³-hybridized carbons (Fsp3) is 0.143. The van der Waals surface area contributed by atoms with Crippen LogP contribution >= 0.6 is 11.6 Å². The molecule has 0 spiro atoms. The van der Waals surface area contributed by atoms with Crippen molar-refractivity contribution < 1.29 is 21.0 Å². The van der Waals surface area contributed by atoms with Gasteiger partial charge in [0, 0.05) is 6.26 Å². The van der Waals surface area contributed by atoms with Crippen molar-refractivity contribution in [1.29, 1.82) is 0 Å². The molecule has 0 fully saturated rings. The van der Waals surface area contributed by atoms with E-state index >= 15 is 0 Å². The van der Waals surface area contributed by atoms with E-state index in [1.807, 2.05) is 6.92 Å². The van der Waals surface area contributed by atoms with E-state index in [9.17, 15) is 16.8 Å². The van der Waals surface area contributed by atoms with Gasteiger partial charge in [-0.3, -0.25) is 0 Å². The van der Waals surface area contributed by atoms with Crippen LogP contribution in [0.15, 0.2) is 52.3 Å². The average Bonchev–Trinajstić information content (AvgIpc) is 2.40. The molecule has 0 bridgehead atoms. The molecule has 0 amide bonds. The average molecular weight is 361 g/mol. The Morgan fingerprint density at radius 3 is 2.09 bits per heavy atom. The van der Waals surface area contributed by atoms with Crippen LogP contribution in [0.2, 0.25) is 5.02 Å². The van der Waals surface area contributed by atoms with Crippen LogP contribution < -0.4 is 4.18 Å². The number of benzene rings is 2. The summed E-state index contributed by atoms with van der Waals surface area (Å²) in [4.78, 5) is -0.541. The first kappa shape index (κ1) is 16.8. The first-order valence-corrected chi connectivity index (χ1v) is 9.78. The van der Waals surface area contributed by atoms with Crippen LogP contribution in [0.4, 0.5) is 0 Å². The molecule has 0 saturated heterocycles. The lowest BCUT2D eigenvalue weighted by Gasteiger charge is -2.10. The zero-order chi connectivity index (χ0) is 16.5. The molecule has 2 rings (SSSR count). The maximum absolute atomic E-state index is 12.3. The zero-order valence-corrected chi connectivity index (χ0v) is 14.2. The molecule has 0 radical (unpaired) electrons. The van der Waals surface area contributed by atoms with E-state index in [-0.39, 0.29) is 15.7 Å². The van der Waals surface area contributed by atoms with Crippen LogP contribution in [-0.2, 0) is 20.0 Å². The summed E-state index contributed by atoms with van der Waals surface area (Å²) in [5, 5.41) is -0.112. The van der Waals surface area contributed by atoms with Gasteiger partial charge in [0.05, 0.1) is 9.92 Å². The van der Waals surface area contributed by atoms with Crippen molar-refractivity contribution >= 4 is 31.6 Å². The molecule has 0 aliphatic rings. The highest BCUT2D eigenvalue weighted by atomic mass is 35.5. The van der Waals surface area contributed by atoms with Gasteiger partial charge in [-0.2, -0.15) is 8.42 Å². The van der Waals surface area contributed by atoms with Gasteiger partial charge in [-0.15, -0.1) is 0 Å². The van der Waals surface area contributed by atoms with Crippen molar-refractivity contribution in [2.45, 2.75) is 16.7 Å². The molecule has 0 saturated carbocycles. The lowest BCUT2D eigenvalue weighted by Crippen LogP contribution is -2.11. The van der Waals surface area contributed by atoms with Crippen molar-refractivity contribution in [3.63, 3.8) is 0 Å². The smallest absolute Gasteiger partial charge is 0.340 e. The van der Waals surface area contributed by atoms with Gasteiger partial charge in [-0.05, 0) is 37.3 Å². The number of hydrogen-bond acceptors (Lipinski definition) is 5. The van der Waals surface area contributed by atoms with E-state index in [1.54, 1.807) is 12.1 Å². The van der Waals surface area contributed by atoms with Crippen molar-refractivity contribution in [2.75, 3.05) is 6.26 Å². The number of hydrogen-bond donors (Lipinski definition) is 0. The molecule has 0 aliphatic carbocycles. The minimum absolute atomic E-state index is 0.112. The monoisotopic (exact) mass is 360 g/mol. The van der Waals surface area contributed by atoms with Crippen LogP contribution in [-0.4, -0.2) is 23.1 Å². The highest BCUT2D eigenvalue weighted by Gasteiger charge is 2.23. The molecule has 22 heavy (non-hydrogen) atoms. The SMILES string of the molecule is Cc1ccc(OS(=O)(=O)c2cc(S(C)(=O)=O)ccc2Cl)cc1. The molecule has 0 aromatic heterocycles. The van der Waals surface area contributed by atoms with Crippen LogP contribution in [0.25, 0.3) is 0 Å². The van der Waals surface area contributed by atoms with Gasteiger partial charge in [0.25, 0.3) is 0 Å². The number of rotatable bonds is 4. The number of halogens is 1. The van der Waals surface area contributed by atoms with Gasteiger partial charge in [0.2, 0.25) is 0 Å². The molecule has 5 nitrogen and oxygen atoms in total. The van der Waals surface area contributed by atoms with E-state index in [4.69, 9.17) is 15.8 Å². The summed E-state index contributed by atoms with van der Waals surface area (Å²) in [6.07, 6.45) is 0.980. The summed E-state index contributed by atoms with van der Waals surface area (Å²) in [5.74, 6) is 0.117. The van der Waals surface area contributed by atoms with E-state index in [1.165, 1.54) is 24.3 Å². The second-order valence-corrected chi connectivity index (χ2v) is 8.65. The summed E-state index contributed by atoms with van der Waals surface area (Å²) in [5.41, 5.74) is 0.946. The zero-order valence-electron chi connectivity index (χ0n) is 11.8. The second kappa shape index (κ2) is 5.91. The Morgan fingerprint density at radius 1 is 0.955 bits per heavy atom. The molecule has 0 heterocycles. The van der Waals surface area contributed by atoms with E-state index < -0.39 is 24.9 Å². The number of sulfone groups is 1. The Labute approximate surface area is 134 Å². The number of aryl methyl sites for hydroxylation is 1. The van der Waals surface area contributed by atoms with Crippen LogP contribution in [0.1, 0.15) is 5.56 Å². The third-order valence-electron chi connectivity index (χ3n) is 2.83. The molecule has 118 valence electrons. The summed E-state index contributed by atoms with van der Waals surface area (Å²) >= 11 is 5.87. The molecule has 2 aromatic carbocycles. The summed E-state index contributed by atoms with van der Waals surface area (Å²) < 4.78 is 52.6. The lowest BCUT2D eigenvalue weighted by molar-refractivity contribution is 0.486. The van der Waals surface area contributed by atoms with Gasteiger partial charge in [0.1, 0.15) is 10.6 Å². The molecule has 0 unspecified atom stereocenters. The fourth-order valence-electron chi connectivity index (χ4n) is 1.67. The summed E-state index contributed by atoms with van der Waals surface area (Å²) in [6.45, 7) is 1.85. The van der Waals surface area contributed by atoms with Crippen LogP contribution in [0, 0.1) is 6.92 Å². The molecular formula is C14H13ClO5S2. The molecule has 0 atom stereocenters. The summed E-state index contributed by atoms with van der Waals surface area (Å²) in [6, 6.07) is 9.83. The third-order valence-corrected chi connectivity index (χ3v) is 5.67. The quantitative estimate of drug-likeness (QED) is 0.783. The van der Waals surface area contributed by atoms with Crippen LogP contribution in [0.5, 0.6) is 5.75 Å². The third kappa shape index (κ3) is 3.79. The maximum atomic E-state index is 12.3. The van der Waals surface area contributed by atoms with E-state index in [0.29, 0.717) is 0 Å². The maximum Gasteiger partial charge on any atom is 0.340 e. The van der Waals surface area contributed by atoms with Gasteiger partial charge >= 0.3 is 10.1 Å². The highest BCUT2D eigenvalue weighted by Crippen LogP contribution is 2.27. The predicted molar refractivity (Wildman–Crippen MR) is 83.6 cm³/mol. The Balaban J connectivity index is 2.47. The van der Waals surface area contributed by atoms with Gasteiger partial charge in [0.15, 0.2) is 9.84 Å². The van der Waals surface area contributed by atoms with Crippen molar-refractivity contribution in [3.8, 4) is 5.75 Å². The summed E-state index contributed by atoms with van der Waals surface area (Å²) in [7, 11) is -7.80. The van der Waals surface area contributed by atoms with Crippen molar-refractivity contribution in [3.05, 3.63) is 53.1 Å². The van der Waals surface area contributed by atoms with E-state index in [0.717, 1.165) is 17.9 Å². The fourth-order valence-corrected chi connectivity index (χ4v) is 3.83. The standard InChI is InChI=1S/C14H13ClO5S2/c1-10-3-5-11(6-4-10)20-22(18,19)14-9-12(21(2,16)17)7-8-13(14)15/h3-9H,1-2H3. The first-order valence-electron chi connectivity index (χ1n) is 6.10. The molecule has 0 aliphatic heterocycles. The van der Waals surface area contributed by atoms with Gasteiger partial charge in [-0.1, -0.05) is 29.3 Å². The Bertz CT molecular complexity index is 901. The van der Waals surface area contributed by atoms with Gasteiger partial charge in [-0.25, -0.2) is 8.42 Å². The van der Waals surface area contributed by atoms with Crippen molar-refractivity contribution in [2.24, 2.45) is 0 Å². The molecule has 8 heteroatoms. The predicted octanol–water partition coefficient (Wildman–Crippen LogP) is 2.82. The molecule has 0 N–H and O–H groups in total. The molecular weight excluding hydrogens is 348 g/mol.